The van der Waals surface area contributed by atoms with E-state index >= 15 is 0 Å². The molecule has 4 N–H and O–H groups in total. The van der Waals surface area contributed by atoms with E-state index in [0.717, 1.165) is 29.5 Å². The predicted octanol–water partition coefficient (Wildman–Crippen LogP) is 5.66. The molecule has 0 bridgehead atoms. The molecule has 38 heavy (non-hydrogen) atoms. The first-order chi connectivity index (χ1) is 18.4. The van der Waals surface area contributed by atoms with Crippen LogP contribution >= 0.6 is 0 Å². The zero-order valence-electron chi connectivity index (χ0n) is 21.6. The van der Waals surface area contributed by atoms with E-state index in [4.69, 9.17) is 16.1 Å². The van der Waals surface area contributed by atoms with Crippen molar-refractivity contribution in [3.8, 4) is 17.2 Å². The normalized spacial score (nSPS) is 15.6. The fourth-order valence-electron chi connectivity index (χ4n) is 5.37. The lowest BCUT2D eigenvalue weighted by atomic mass is 9.81. The second-order valence-electron chi connectivity index (χ2n) is 10.2. The van der Waals surface area contributed by atoms with Crippen LogP contribution in [0.2, 0.25) is 0 Å². The van der Waals surface area contributed by atoms with Crippen molar-refractivity contribution in [2.75, 3.05) is 6.54 Å². The second-order valence-corrected chi connectivity index (χ2v) is 10.2. The van der Waals surface area contributed by atoms with E-state index in [1.54, 1.807) is 24.3 Å². The van der Waals surface area contributed by atoms with Crippen LogP contribution in [0.4, 0.5) is 0 Å². The third kappa shape index (κ3) is 7.08. The molecule has 6 heteroatoms. The number of benzene rings is 3. The minimum absolute atomic E-state index is 0.132. The molecule has 0 radical (unpaired) electrons. The van der Waals surface area contributed by atoms with E-state index in [-0.39, 0.29) is 18.2 Å². The summed E-state index contributed by atoms with van der Waals surface area (Å²) in [6.45, 7) is 0.561. The summed E-state index contributed by atoms with van der Waals surface area (Å²) in [5.41, 5.74) is 11.0. The number of hydrogen-bond acceptors (Lipinski definition) is 4. The lowest BCUT2D eigenvalue weighted by Gasteiger charge is -2.27. The topological polar surface area (TPSA) is 116 Å². The van der Waals surface area contributed by atoms with Gasteiger partial charge in [-0.1, -0.05) is 74.2 Å². The van der Waals surface area contributed by atoms with Crippen LogP contribution in [0.3, 0.4) is 0 Å². The zero-order chi connectivity index (χ0) is 26.9. The molecule has 0 aliphatic heterocycles. The van der Waals surface area contributed by atoms with Gasteiger partial charge in [0, 0.05) is 18.0 Å². The lowest BCUT2D eigenvalue weighted by molar-refractivity contribution is -0.138. The van der Waals surface area contributed by atoms with Crippen LogP contribution in [0.25, 0.3) is 11.1 Å². The van der Waals surface area contributed by atoms with Crippen LogP contribution in [-0.2, 0) is 11.2 Å². The van der Waals surface area contributed by atoms with Crippen molar-refractivity contribution in [2.24, 2.45) is 11.7 Å². The molecule has 2 atom stereocenters. The second kappa shape index (κ2) is 13.0. The van der Waals surface area contributed by atoms with Gasteiger partial charge < -0.3 is 16.2 Å². The molecule has 2 unspecified atom stereocenters. The highest BCUT2D eigenvalue weighted by atomic mass is 16.4. The maximum atomic E-state index is 13.0. The standard InChI is InChI=1S/C32H35N3O3/c33-20-23-9-11-24(12-10-23)25-15-17-27(18-16-25)29(26-5-3-1-2-4-6-26)21-35-31(36)28-13-7-22(8-14-28)19-30(34)32(37)38/h7-18,26,29-30H,1-6,19,21,34H2,(H,35,36)(H,37,38). The van der Waals surface area contributed by atoms with Gasteiger partial charge in [0.15, 0.2) is 0 Å². The largest absolute Gasteiger partial charge is 0.480 e. The van der Waals surface area contributed by atoms with Gasteiger partial charge in [-0.3, -0.25) is 9.59 Å². The molecular weight excluding hydrogens is 474 g/mol. The Balaban J connectivity index is 1.47. The molecule has 196 valence electrons. The summed E-state index contributed by atoms with van der Waals surface area (Å²) in [5, 5.41) is 21.2. The van der Waals surface area contributed by atoms with Crippen LogP contribution in [0.5, 0.6) is 0 Å². The molecule has 6 nitrogen and oxygen atoms in total. The van der Waals surface area contributed by atoms with Crippen LogP contribution in [-0.4, -0.2) is 29.6 Å². The maximum Gasteiger partial charge on any atom is 0.320 e. The Morgan fingerprint density at radius 3 is 2.03 bits per heavy atom. The number of carboxylic acid groups (broad SMARTS) is 1. The molecule has 1 fully saturated rings. The van der Waals surface area contributed by atoms with Crippen molar-refractivity contribution >= 4 is 11.9 Å². The molecular formula is C32H35N3O3. The summed E-state index contributed by atoms with van der Waals surface area (Å²) in [6, 6.07) is 24.4. The third-order valence-electron chi connectivity index (χ3n) is 7.63. The Kier molecular flexibility index (Phi) is 9.29. The van der Waals surface area contributed by atoms with Gasteiger partial charge in [-0.25, -0.2) is 0 Å². The Morgan fingerprint density at radius 2 is 1.47 bits per heavy atom. The molecule has 1 aliphatic carbocycles. The molecule has 1 saturated carbocycles. The van der Waals surface area contributed by atoms with Crippen LogP contribution in [0.1, 0.15) is 71.5 Å². The zero-order valence-corrected chi connectivity index (χ0v) is 21.6. The molecule has 0 aromatic heterocycles. The number of carboxylic acids is 1. The smallest absolute Gasteiger partial charge is 0.320 e. The average Bonchev–Trinajstić information content (AvgIpc) is 3.23. The number of nitrogens with one attached hydrogen (secondary N) is 1. The van der Waals surface area contributed by atoms with Crippen molar-refractivity contribution in [2.45, 2.75) is 56.9 Å². The molecule has 3 aromatic carbocycles. The molecule has 4 rings (SSSR count). The number of aliphatic carboxylic acids is 1. The first kappa shape index (κ1) is 27.1. The van der Waals surface area contributed by atoms with E-state index < -0.39 is 12.0 Å². The van der Waals surface area contributed by atoms with Crippen molar-refractivity contribution in [1.29, 1.82) is 5.26 Å². The SMILES string of the molecule is N#Cc1ccc(-c2ccc(C(CNC(=O)c3ccc(CC(N)C(=O)O)cc3)C3CCCCCC3)cc2)cc1. The van der Waals surface area contributed by atoms with Gasteiger partial charge in [-0.2, -0.15) is 5.26 Å². The molecule has 1 amide bonds. The number of nitrogens with zero attached hydrogens (tertiary/aromatic N) is 1. The highest BCUT2D eigenvalue weighted by Crippen LogP contribution is 2.36. The van der Waals surface area contributed by atoms with E-state index in [0.29, 0.717) is 23.6 Å². The summed E-state index contributed by atoms with van der Waals surface area (Å²) >= 11 is 0. The van der Waals surface area contributed by atoms with Crippen molar-refractivity contribution in [1.82, 2.24) is 5.32 Å². The number of carbonyl (C=O) groups excluding carboxylic acids is 1. The number of nitrogens with two attached hydrogens (primary N) is 1. The predicted molar refractivity (Wildman–Crippen MR) is 149 cm³/mol. The monoisotopic (exact) mass is 509 g/mol. The summed E-state index contributed by atoms with van der Waals surface area (Å²) in [6.07, 6.45) is 7.53. The van der Waals surface area contributed by atoms with Crippen LogP contribution < -0.4 is 11.1 Å². The van der Waals surface area contributed by atoms with Gasteiger partial charge in [-0.15, -0.1) is 0 Å². The van der Waals surface area contributed by atoms with Gasteiger partial charge in [0.05, 0.1) is 11.6 Å². The average molecular weight is 510 g/mol. The molecule has 0 spiro atoms. The van der Waals surface area contributed by atoms with E-state index in [9.17, 15) is 9.59 Å². The number of nitriles is 1. The van der Waals surface area contributed by atoms with Gasteiger partial charge >= 0.3 is 5.97 Å². The quantitative estimate of drug-likeness (QED) is 0.322. The summed E-state index contributed by atoms with van der Waals surface area (Å²) < 4.78 is 0. The maximum absolute atomic E-state index is 13.0. The number of amides is 1. The van der Waals surface area contributed by atoms with E-state index in [1.165, 1.54) is 31.2 Å². The van der Waals surface area contributed by atoms with Gasteiger partial charge in [0.1, 0.15) is 6.04 Å². The molecule has 0 heterocycles. The summed E-state index contributed by atoms with van der Waals surface area (Å²) in [7, 11) is 0. The van der Waals surface area contributed by atoms with Crippen molar-refractivity contribution in [3.05, 3.63) is 95.1 Å². The van der Waals surface area contributed by atoms with E-state index in [2.05, 4.69) is 35.7 Å². The fourth-order valence-corrected chi connectivity index (χ4v) is 5.37. The van der Waals surface area contributed by atoms with E-state index in [1.807, 2.05) is 24.3 Å². The highest BCUT2D eigenvalue weighted by Gasteiger charge is 2.25. The first-order valence-corrected chi connectivity index (χ1v) is 13.4. The molecule has 0 saturated heterocycles. The van der Waals surface area contributed by atoms with Crippen LogP contribution in [0, 0.1) is 17.2 Å². The fraction of sp³-hybridized carbons (Fsp3) is 0.344. The van der Waals surface area contributed by atoms with Crippen LogP contribution in [0.15, 0.2) is 72.8 Å². The highest BCUT2D eigenvalue weighted by molar-refractivity contribution is 5.94. The number of rotatable bonds is 9. The molecule has 3 aromatic rings. The third-order valence-corrected chi connectivity index (χ3v) is 7.63. The van der Waals surface area contributed by atoms with Gasteiger partial charge in [-0.05, 0) is 71.7 Å². The summed E-state index contributed by atoms with van der Waals surface area (Å²) in [4.78, 5) is 24.0. The Morgan fingerprint density at radius 1 is 0.895 bits per heavy atom. The van der Waals surface area contributed by atoms with Crippen molar-refractivity contribution in [3.63, 3.8) is 0 Å². The van der Waals surface area contributed by atoms with Gasteiger partial charge in [0.25, 0.3) is 5.91 Å². The number of hydrogen-bond donors (Lipinski definition) is 3. The minimum atomic E-state index is -1.04. The Hall–Kier alpha value is -3.95. The number of carbonyl (C=O) groups is 2. The molecule has 1 aliphatic rings. The minimum Gasteiger partial charge on any atom is -0.480 e. The first-order valence-electron chi connectivity index (χ1n) is 13.4. The van der Waals surface area contributed by atoms with Crippen molar-refractivity contribution < 1.29 is 14.7 Å². The lowest BCUT2D eigenvalue weighted by Crippen LogP contribution is -2.32. The summed E-state index contributed by atoms with van der Waals surface area (Å²) in [5.74, 6) is -0.438. The Bertz CT molecular complexity index is 1250. The Labute approximate surface area is 224 Å². The van der Waals surface area contributed by atoms with Gasteiger partial charge in [0.2, 0.25) is 0 Å².